The molecule has 0 atom stereocenters. The van der Waals surface area contributed by atoms with Gasteiger partial charge in [-0.3, -0.25) is 29.8 Å². The van der Waals surface area contributed by atoms with Gasteiger partial charge in [0, 0.05) is 18.1 Å². The Balaban J connectivity index is 3.00. The number of benzene rings is 1. The minimum Gasteiger partial charge on any atom is -0.469 e. The minimum atomic E-state index is -0.812. The molecule has 0 amide bonds. The average Bonchev–Trinajstić information content (AvgIpc) is 2.38. The monoisotopic (exact) mass is 282 g/mol. The molecule has 1 aromatic carbocycles. The number of hydrogen-bond donors (Lipinski definition) is 0. The van der Waals surface area contributed by atoms with E-state index in [9.17, 15) is 29.8 Å². The molecule has 1 rings (SSSR count). The average molecular weight is 282 g/mol. The summed E-state index contributed by atoms with van der Waals surface area (Å²) in [6.07, 6.45) is -0.881. The number of methoxy groups -OCH3 is 1. The number of rotatable bonds is 6. The molecule has 0 N–H and O–H groups in total. The van der Waals surface area contributed by atoms with E-state index < -0.39 is 39.4 Å². The normalized spacial score (nSPS) is 9.85. The lowest BCUT2D eigenvalue weighted by Gasteiger charge is -2.02. The molecule has 0 radical (unpaired) electrons. The van der Waals surface area contributed by atoms with Crippen molar-refractivity contribution in [3.05, 3.63) is 44.0 Å². The first-order valence-electron chi connectivity index (χ1n) is 5.35. The summed E-state index contributed by atoms with van der Waals surface area (Å²) in [6.45, 7) is 0. The number of nitrogens with zero attached hydrogens (tertiary/aromatic N) is 2. The lowest BCUT2D eigenvalue weighted by atomic mass is 10.0. The summed E-state index contributed by atoms with van der Waals surface area (Å²) < 4.78 is 4.30. The van der Waals surface area contributed by atoms with Crippen molar-refractivity contribution in [2.45, 2.75) is 12.8 Å². The minimum absolute atomic E-state index is 0.00880. The van der Waals surface area contributed by atoms with Gasteiger partial charge in [0.2, 0.25) is 0 Å². The van der Waals surface area contributed by atoms with Gasteiger partial charge in [0.15, 0.2) is 0 Å². The Hall–Kier alpha value is -2.84. The number of nitro benzene ring substituents is 2. The van der Waals surface area contributed by atoms with Gasteiger partial charge in [-0.1, -0.05) is 0 Å². The van der Waals surface area contributed by atoms with E-state index in [0.717, 1.165) is 25.3 Å². The van der Waals surface area contributed by atoms with Crippen molar-refractivity contribution in [3.63, 3.8) is 0 Å². The van der Waals surface area contributed by atoms with Gasteiger partial charge in [-0.05, 0) is 6.07 Å². The molecule has 9 nitrogen and oxygen atoms in total. The molecule has 0 fully saturated rings. The number of hydrogen-bond acceptors (Lipinski definition) is 7. The molecular weight excluding hydrogens is 272 g/mol. The Morgan fingerprint density at radius 2 is 1.85 bits per heavy atom. The third-order valence-electron chi connectivity index (χ3n) is 2.43. The fourth-order valence-electron chi connectivity index (χ4n) is 1.49. The van der Waals surface area contributed by atoms with Crippen LogP contribution in [0.2, 0.25) is 0 Å². The van der Waals surface area contributed by atoms with Crippen LogP contribution in [-0.2, 0) is 20.7 Å². The van der Waals surface area contributed by atoms with Crippen molar-refractivity contribution >= 4 is 23.1 Å². The standard InChI is InChI=1S/C11H10N2O7/c1-20-11(15)6-9(14)4-7-2-3-8(12(16)17)5-10(7)13(18)19/h2-3,5H,4,6H2,1H3. The topological polar surface area (TPSA) is 130 Å². The molecule has 9 heteroatoms. The fraction of sp³-hybridized carbons (Fsp3) is 0.273. The maximum atomic E-state index is 11.5. The first-order valence-corrected chi connectivity index (χ1v) is 5.35. The molecule has 0 aliphatic rings. The highest BCUT2D eigenvalue weighted by molar-refractivity contribution is 5.96. The Kier molecular flexibility index (Phi) is 4.84. The van der Waals surface area contributed by atoms with Crippen LogP contribution >= 0.6 is 0 Å². The van der Waals surface area contributed by atoms with E-state index in [4.69, 9.17) is 0 Å². The van der Waals surface area contributed by atoms with Crippen LogP contribution in [0.3, 0.4) is 0 Å². The summed E-state index contributed by atoms with van der Waals surface area (Å²) in [5.74, 6) is -1.33. The highest BCUT2D eigenvalue weighted by Crippen LogP contribution is 2.25. The van der Waals surface area contributed by atoms with Gasteiger partial charge in [0.05, 0.1) is 23.0 Å². The predicted molar refractivity (Wildman–Crippen MR) is 65.1 cm³/mol. The molecule has 20 heavy (non-hydrogen) atoms. The van der Waals surface area contributed by atoms with Crippen LogP contribution in [0.5, 0.6) is 0 Å². The number of ether oxygens (including phenoxy) is 1. The van der Waals surface area contributed by atoms with E-state index in [1.54, 1.807) is 0 Å². The van der Waals surface area contributed by atoms with Crippen LogP contribution in [0, 0.1) is 20.2 Å². The van der Waals surface area contributed by atoms with Gasteiger partial charge in [-0.2, -0.15) is 0 Å². The van der Waals surface area contributed by atoms with Crippen molar-refractivity contribution in [3.8, 4) is 0 Å². The Morgan fingerprint density at radius 3 is 2.35 bits per heavy atom. The van der Waals surface area contributed by atoms with E-state index in [1.807, 2.05) is 0 Å². The van der Waals surface area contributed by atoms with Crippen molar-refractivity contribution in [1.29, 1.82) is 0 Å². The van der Waals surface area contributed by atoms with Crippen molar-refractivity contribution < 1.29 is 24.2 Å². The van der Waals surface area contributed by atoms with Gasteiger partial charge in [0.1, 0.15) is 12.2 Å². The zero-order valence-electron chi connectivity index (χ0n) is 10.4. The summed E-state index contributed by atoms with van der Waals surface area (Å²) in [7, 11) is 1.12. The lowest BCUT2D eigenvalue weighted by Crippen LogP contribution is -2.12. The van der Waals surface area contributed by atoms with E-state index in [0.29, 0.717) is 0 Å². The number of carbonyl (C=O) groups excluding carboxylic acids is 2. The van der Waals surface area contributed by atoms with Crippen molar-refractivity contribution in [2.24, 2.45) is 0 Å². The summed E-state index contributed by atoms with van der Waals surface area (Å²) in [5, 5.41) is 21.4. The molecule has 0 heterocycles. The second-order valence-electron chi connectivity index (χ2n) is 3.80. The maximum Gasteiger partial charge on any atom is 0.313 e. The number of Topliss-reactive ketones (excluding diaryl/α,β-unsaturated/α-hetero) is 1. The van der Waals surface area contributed by atoms with E-state index >= 15 is 0 Å². The second-order valence-corrected chi connectivity index (χ2v) is 3.80. The second kappa shape index (κ2) is 6.36. The SMILES string of the molecule is COC(=O)CC(=O)Cc1ccc([N+](=O)[O-])cc1[N+](=O)[O-]. The summed E-state index contributed by atoms with van der Waals surface area (Å²) in [4.78, 5) is 42.2. The number of esters is 1. The molecule has 0 aliphatic heterocycles. The first kappa shape index (κ1) is 15.2. The van der Waals surface area contributed by atoms with Crippen molar-refractivity contribution in [1.82, 2.24) is 0 Å². The Labute approximate surface area is 112 Å². The molecule has 0 aliphatic carbocycles. The number of ketones is 1. The molecule has 0 saturated heterocycles. The van der Waals surface area contributed by atoms with Crippen LogP contribution in [0.4, 0.5) is 11.4 Å². The van der Waals surface area contributed by atoms with Crippen molar-refractivity contribution in [2.75, 3.05) is 7.11 Å². The molecule has 1 aromatic rings. The molecule has 0 unspecified atom stereocenters. The quantitative estimate of drug-likeness (QED) is 0.331. The zero-order chi connectivity index (χ0) is 15.3. The fourth-order valence-corrected chi connectivity index (χ4v) is 1.49. The van der Waals surface area contributed by atoms with E-state index in [2.05, 4.69) is 4.74 Å². The van der Waals surface area contributed by atoms with Gasteiger partial charge < -0.3 is 4.74 Å². The maximum absolute atomic E-state index is 11.5. The molecule has 0 bridgehead atoms. The molecule has 0 saturated carbocycles. The molecular formula is C11H10N2O7. The van der Waals surface area contributed by atoms with Gasteiger partial charge >= 0.3 is 5.97 Å². The Bertz CT molecular complexity index is 582. The first-order chi connectivity index (χ1) is 9.35. The van der Waals surface area contributed by atoms with Gasteiger partial charge in [0.25, 0.3) is 11.4 Å². The van der Waals surface area contributed by atoms with E-state index in [1.165, 1.54) is 0 Å². The summed E-state index contributed by atoms with van der Waals surface area (Å²) in [6, 6.07) is 2.97. The molecule has 106 valence electrons. The summed E-state index contributed by atoms with van der Waals surface area (Å²) >= 11 is 0. The summed E-state index contributed by atoms with van der Waals surface area (Å²) in [5.41, 5.74) is -0.965. The van der Waals surface area contributed by atoms with E-state index in [-0.39, 0.29) is 12.0 Å². The van der Waals surface area contributed by atoms with Crippen LogP contribution in [0.1, 0.15) is 12.0 Å². The van der Waals surface area contributed by atoms with Gasteiger partial charge in [-0.25, -0.2) is 0 Å². The predicted octanol–water partition coefficient (Wildman–Crippen LogP) is 1.18. The Morgan fingerprint density at radius 1 is 1.20 bits per heavy atom. The van der Waals surface area contributed by atoms with Crippen LogP contribution < -0.4 is 0 Å². The molecule has 0 spiro atoms. The number of nitro groups is 2. The molecule has 0 aromatic heterocycles. The van der Waals surface area contributed by atoms with Crippen LogP contribution in [0.15, 0.2) is 18.2 Å². The number of non-ortho nitro benzene ring substituents is 1. The number of carbonyl (C=O) groups is 2. The smallest absolute Gasteiger partial charge is 0.313 e. The third kappa shape index (κ3) is 3.83. The van der Waals surface area contributed by atoms with Crippen LogP contribution in [-0.4, -0.2) is 28.7 Å². The highest BCUT2D eigenvalue weighted by atomic mass is 16.6. The zero-order valence-corrected chi connectivity index (χ0v) is 10.4. The largest absolute Gasteiger partial charge is 0.469 e. The van der Waals surface area contributed by atoms with Gasteiger partial charge in [-0.15, -0.1) is 0 Å². The highest BCUT2D eigenvalue weighted by Gasteiger charge is 2.21. The van der Waals surface area contributed by atoms with Crippen LogP contribution in [0.25, 0.3) is 0 Å². The lowest BCUT2D eigenvalue weighted by molar-refractivity contribution is -0.394. The third-order valence-corrected chi connectivity index (χ3v) is 2.43.